The summed E-state index contributed by atoms with van der Waals surface area (Å²) in [5, 5.41) is 8.51. The van der Waals surface area contributed by atoms with Gasteiger partial charge in [-0.2, -0.15) is 5.10 Å². The molecular weight excluding hydrogens is 200 g/mol. The topological polar surface area (TPSA) is 55.0 Å². The van der Waals surface area contributed by atoms with Gasteiger partial charge in [-0.05, 0) is 31.4 Å². The summed E-state index contributed by atoms with van der Waals surface area (Å²) in [7, 11) is 0. The Morgan fingerprint density at radius 3 is 2.94 bits per heavy atom. The van der Waals surface area contributed by atoms with Gasteiger partial charge in [-0.15, -0.1) is 5.10 Å². The zero-order valence-electron chi connectivity index (χ0n) is 9.89. The van der Waals surface area contributed by atoms with E-state index in [0.717, 1.165) is 50.3 Å². The van der Waals surface area contributed by atoms with E-state index in [1.165, 1.54) is 0 Å². The predicted molar refractivity (Wildman–Crippen MR) is 65.4 cm³/mol. The fraction of sp³-hybridized carbons (Fsp3) is 0.667. The molecule has 0 bridgehead atoms. The summed E-state index contributed by atoms with van der Waals surface area (Å²) in [6.07, 6.45) is 4.40. The summed E-state index contributed by atoms with van der Waals surface area (Å²) in [6, 6.07) is 4.42. The van der Waals surface area contributed by atoms with Crippen molar-refractivity contribution >= 4 is 5.82 Å². The van der Waals surface area contributed by atoms with E-state index in [2.05, 4.69) is 34.2 Å². The van der Waals surface area contributed by atoms with Gasteiger partial charge in [0.1, 0.15) is 0 Å². The van der Waals surface area contributed by atoms with Gasteiger partial charge in [0.25, 0.3) is 0 Å². The number of rotatable bonds is 3. The van der Waals surface area contributed by atoms with E-state index in [1.807, 2.05) is 0 Å². The Labute approximate surface area is 96.9 Å². The highest BCUT2D eigenvalue weighted by molar-refractivity contribution is 5.38. The molecule has 0 aromatic carbocycles. The van der Waals surface area contributed by atoms with Gasteiger partial charge in [0.2, 0.25) is 0 Å². The highest BCUT2D eigenvalue weighted by Gasteiger charge is 2.17. The van der Waals surface area contributed by atoms with E-state index >= 15 is 0 Å². The molecule has 0 saturated carbocycles. The second-order valence-corrected chi connectivity index (χ2v) is 4.48. The molecule has 2 N–H and O–H groups in total. The molecule has 2 heterocycles. The Kier molecular flexibility index (Phi) is 3.72. The number of hydrogen-bond donors (Lipinski definition) is 1. The highest BCUT2D eigenvalue weighted by Crippen LogP contribution is 2.16. The van der Waals surface area contributed by atoms with Crippen LogP contribution in [0.3, 0.4) is 0 Å². The molecular formula is C12H20N4. The summed E-state index contributed by atoms with van der Waals surface area (Å²) < 4.78 is 0. The molecule has 4 nitrogen and oxygen atoms in total. The molecule has 1 fully saturated rings. The van der Waals surface area contributed by atoms with Gasteiger partial charge in [-0.1, -0.05) is 13.3 Å². The smallest absolute Gasteiger partial charge is 0.151 e. The van der Waals surface area contributed by atoms with Crippen LogP contribution in [0.25, 0.3) is 0 Å². The lowest BCUT2D eigenvalue weighted by molar-refractivity contribution is 0.501. The van der Waals surface area contributed by atoms with Crippen molar-refractivity contribution < 1.29 is 0 Å². The van der Waals surface area contributed by atoms with Gasteiger partial charge in [0.05, 0.1) is 5.69 Å². The zero-order chi connectivity index (χ0) is 11.4. The van der Waals surface area contributed by atoms with Crippen LogP contribution in [-0.2, 0) is 6.42 Å². The fourth-order valence-electron chi connectivity index (χ4n) is 2.13. The van der Waals surface area contributed by atoms with Gasteiger partial charge in [0, 0.05) is 19.1 Å². The lowest BCUT2D eigenvalue weighted by Crippen LogP contribution is -2.43. The van der Waals surface area contributed by atoms with Crippen LogP contribution in [0.2, 0.25) is 0 Å². The van der Waals surface area contributed by atoms with Crippen molar-refractivity contribution in [3.05, 3.63) is 17.8 Å². The van der Waals surface area contributed by atoms with Gasteiger partial charge >= 0.3 is 0 Å². The molecule has 2 rings (SSSR count). The molecule has 1 aliphatic rings. The van der Waals surface area contributed by atoms with Crippen LogP contribution in [0.1, 0.15) is 31.9 Å². The number of aromatic nitrogens is 2. The minimum Gasteiger partial charge on any atom is -0.354 e. The predicted octanol–water partition coefficient (Wildman–Crippen LogP) is 1.36. The molecule has 1 aromatic heterocycles. The first kappa shape index (κ1) is 11.3. The molecule has 0 aliphatic carbocycles. The Balaban J connectivity index is 2.03. The van der Waals surface area contributed by atoms with Crippen molar-refractivity contribution in [2.24, 2.45) is 5.73 Å². The molecule has 1 unspecified atom stereocenters. The van der Waals surface area contributed by atoms with Crippen LogP contribution in [0.5, 0.6) is 0 Å². The van der Waals surface area contributed by atoms with Crippen molar-refractivity contribution in [2.75, 3.05) is 18.0 Å². The Morgan fingerprint density at radius 2 is 2.31 bits per heavy atom. The van der Waals surface area contributed by atoms with Crippen LogP contribution in [0, 0.1) is 0 Å². The molecule has 4 heteroatoms. The number of aryl methyl sites for hydroxylation is 1. The van der Waals surface area contributed by atoms with E-state index in [9.17, 15) is 0 Å². The molecule has 1 saturated heterocycles. The molecule has 0 spiro atoms. The van der Waals surface area contributed by atoms with E-state index in [0.29, 0.717) is 0 Å². The molecule has 1 atom stereocenters. The van der Waals surface area contributed by atoms with Crippen molar-refractivity contribution in [3.63, 3.8) is 0 Å². The highest BCUT2D eigenvalue weighted by atomic mass is 15.3. The van der Waals surface area contributed by atoms with Crippen LogP contribution in [0.4, 0.5) is 5.82 Å². The van der Waals surface area contributed by atoms with E-state index in [1.54, 1.807) is 0 Å². The van der Waals surface area contributed by atoms with Gasteiger partial charge in [-0.25, -0.2) is 0 Å². The number of piperidine rings is 1. The number of nitrogens with zero attached hydrogens (tertiary/aromatic N) is 3. The Morgan fingerprint density at radius 1 is 1.44 bits per heavy atom. The summed E-state index contributed by atoms with van der Waals surface area (Å²) in [4.78, 5) is 2.23. The zero-order valence-corrected chi connectivity index (χ0v) is 9.89. The normalized spacial score (nSPS) is 21.1. The summed E-state index contributed by atoms with van der Waals surface area (Å²) in [5.74, 6) is 0.968. The van der Waals surface area contributed by atoms with E-state index in [4.69, 9.17) is 5.73 Å². The van der Waals surface area contributed by atoms with Crippen molar-refractivity contribution in [2.45, 2.75) is 38.6 Å². The van der Waals surface area contributed by atoms with Crippen LogP contribution >= 0.6 is 0 Å². The van der Waals surface area contributed by atoms with Gasteiger partial charge in [0.15, 0.2) is 5.82 Å². The van der Waals surface area contributed by atoms with Gasteiger partial charge < -0.3 is 10.6 Å². The van der Waals surface area contributed by atoms with Crippen molar-refractivity contribution in [1.82, 2.24) is 10.2 Å². The third kappa shape index (κ3) is 2.70. The molecule has 16 heavy (non-hydrogen) atoms. The average molecular weight is 220 g/mol. The summed E-state index contributed by atoms with van der Waals surface area (Å²) >= 11 is 0. The first-order chi connectivity index (χ1) is 7.79. The first-order valence-electron chi connectivity index (χ1n) is 6.12. The average Bonchev–Trinajstić information content (AvgIpc) is 2.30. The molecule has 1 aliphatic heterocycles. The molecule has 1 aromatic rings. The number of anilines is 1. The van der Waals surface area contributed by atoms with E-state index < -0.39 is 0 Å². The maximum absolute atomic E-state index is 5.95. The summed E-state index contributed by atoms with van der Waals surface area (Å²) in [5.41, 5.74) is 7.03. The second kappa shape index (κ2) is 5.25. The fourth-order valence-corrected chi connectivity index (χ4v) is 2.13. The van der Waals surface area contributed by atoms with E-state index in [-0.39, 0.29) is 6.04 Å². The summed E-state index contributed by atoms with van der Waals surface area (Å²) in [6.45, 7) is 4.11. The molecule has 0 radical (unpaired) electrons. The van der Waals surface area contributed by atoms with Gasteiger partial charge in [-0.3, -0.25) is 0 Å². The quantitative estimate of drug-likeness (QED) is 0.835. The Hall–Kier alpha value is -1.16. The monoisotopic (exact) mass is 220 g/mol. The maximum atomic E-state index is 5.95. The maximum Gasteiger partial charge on any atom is 0.151 e. The van der Waals surface area contributed by atoms with Crippen molar-refractivity contribution in [1.29, 1.82) is 0 Å². The van der Waals surface area contributed by atoms with Crippen LogP contribution in [0.15, 0.2) is 12.1 Å². The van der Waals surface area contributed by atoms with Crippen LogP contribution in [-0.4, -0.2) is 29.3 Å². The minimum atomic E-state index is 0.283. The number of nitrogens with two attached hydrogens (primary N) is 1. The SMILES string of the molecule is CCCc1ccc(N2CCCC(N)C2)nn1. The third-order valence-corrected chi connectivity index (χ3v) is 2.99. The first-order valence-corrected chi connectivity index (χ1v) is 6.12. The Bertz CT molecular complexity index is 322. The van der Waals surface area contributed by atoms with Crippen LogP contribution < -0.4 is 10.6 Å². The minimum absolute atomic E-state index is 0.283. The standard InChI is InChI=1S/C12H20N4/c1-2-4-11-6-7-12(15-14-11)16-8-3-5-10(13)9-16/h6-7,10H,2-5,8-9,13H2,1H3. The van der Waals surface area contributed by atoms with Crippen molar-refractivity contribution in [3.8, 4) is 0 Å². The molecule has 0 amide bonds. The lowest BCUT2D eigenvalue weighted by Gasteiger charge is -2.31. The number of hydrogen-bond acceptors (Lipinski definition) is 4. The lowest BCUT2D eigenvalue weighted by atomic mass is 10.1. The molecule has 88 valence electrons. The second-order valence-electron chi connectivity index (χ2n) is 4.48. The third-order valence-electron chi connectivity index (χ3n) is 2.99. The largest absolute Gasteiger partial charge is 0.354 e.